The average molecular weight is 390 g/mol. The van der Waals surface area contributed by atoms with Gasteiger partial charge in [-0.1, -0.05) is 11.8 Å². The zero-order valence-electron chi connectivity index (χ0n) is 13.6. The summed E-state index contributed by atoms with van der Waals surface area (Å²) in [6.45, 7) is 1.40. The molecule has 7 nitrogen and oxygen atoms in total. The number of rotatable bonds is 3. The minimum atomic E-state index is -4.68. The molecule has 27 heavy (non-hydrogen) atoms. The van der Waals surface area contributed by atoms with E-state index in [1.165, 1.54) is 19.2 Å². The summed E-state index contributed by atoms with van der Waals surface area (Å²) >= 11 is 0.865. The predicted molar refractivity (Wildman–Crippen MR) is 88.8 cm³/mol. The van der Waals surface area contributed by atoms with Crippen molar-refractivity contribution >= 4 is 17.4 Å². The van der Waals surface area contributed by atoms with Crippen LogP contribution in [0.25, 0.3) is 5.65 Å². The zero-order chi connectivity index (χ0) is 19.8. The van der Waals surface area contributed by atoms with Gasteiger partial charge in [-0.05, 0) is 13.0 Å². The van der Waals surface area contributed by atoms with Gasteiger partial charge in [0.05, 0.1) is 16.8 Å². The fourth-order valence-corrected chi connectivity index (χ4v) is 3.35. The van der Waals surface area contributed by atoms with Gasteiger partial charge in [0.25, 0.3) is 5.56 Å². The molecule has 0 aliphatic heterocycles. The summed E-state index contributed by atoms with van der Waals surface area (Å²) in [5, 5.41) is 20.7. The van der Waals surface area contributed by atoms with Crippen LogP contribution < -0.4 is 5.56 Å². The molecule has 0 aliphatic rings. The lowest BCUT2D eigenvalue weighted by Gasteiger charge is -2.12. The lowest BCUT2D eigenvalue weighted by Crippen LogP contribution is -2.15. The Labute approximate surface area is 154 Å². The van der Waals surface area contributed by atoms with E-state index in [9.17, 15) is 18.0 Å². The number of halogens is 3. The zero-order valence-corrected chi connectivity index (χ0v) is 14.4. The molecule has 11 heteroatoms. The third-order valence-corrected chi connectivity index (χ3v) is 4.57. The second-order valence-corrected chi connectivity index (χ2v) is 6.40. The Morgan fingerprint density at radius 1 is 1.26 bits per heavy atom. The van der Waals surface area contributed by atoms with Crippen molar-refractivity contribution < 1.29 is 13.2 Å². The minimum Gasteiger partial charge on any atom is -0.295 e. The molecular formula is C16H9F3N6OS. The van der Waals surface area contributed by atoms with Crippen LogP contribution in [0.2, 0.25) is 0 Å². The van der Waals surface area contributed by atoms with Crippen molar-refractivity contribution in [3.8, 4) is 12.1 Å². The topological polar surface area (TPSA) is 111 Å². The normalized spacial score (nSPS) is 11.3. The summed E-state index contributed by atoms with van der Waals surface area (Å²) in [5.41, 5.74) is -1.45. The fourth-order valence-electron chi connectivity index (χ4n) is 2.41. The number of fused-ring (bicyclic) bond motifs is 1. The smallest absolute Gasteiger partial charge is 0.295 e. The highest BCUT2D eigenvalue weighted by molar-refractivity contribution is 7.98. The number of aromatic nitrogens is 4. The first-order valence-electron chi connectivity index (χ1n) is 7.36. The monoisotopic (exact) mass is 390 g/mol. The Hall–Kier alpha value is -3.31. The van der Waals surface area contributed by atoms with Gasteiger partial charge in [-0.3, -0.25) is 9.89 Å². The summed E-state index contributed by atoms with van der Waals surface area (Å²) in [7, 11) is 0. The quantitative estimate of drug-likeness (QED) is 0.689. The predicted octanol–water partition coefficient (Wildman–Crippen LogP) is 2.78. The number of nitriles is 2. The molecule has 0 saturated carbocycles. The van der Waals surface area contributed by atoms with E-state index in [1.54, 1.807) is 6.07 Å². The Morgan fingerprint density at radius 2 is 2.00 bits per heavy atom. The maximum atomic E-state index is 13.2. The number of pyridine rings is 1. The van der Waals surface area contributed by atoms with Crippen molar-refractivity contribution in [2.45, 2.75) is 23.9 Å². The second-order valence-electron chi connectivity index (χ2n) is 5.43. The van der Waals surface area contributed by atoms with Crippen LogP contribution in [-0.2, 0) is 11.9 Å². The third-order valence-electron chi connectivity index (χ3n) is 3.56. The minimum absolute atomic E-state index is 0.00419. The lowest BCUT2D eigenvalue weighted by molar-refractivity contribution is -0.138. The van der Waals surface area contributed by atoms with Gasteiger partial charge in [-0.15, -0.1) is 0 Å². The van der Waals surface area contributed by atoms with Gasteiger partial charge >= 0.3 is 6.18 Å². The van der Waals surface area contributed by atoms with Crippen molar-refractivity contribution in [3.05, 3.63) is 56.8 Å². The summed E-state index contributed by atoms with van der Waals surface area (Å²) in [4.78, 5) is 20.3. The van der Waals surface area contributed by atoms with Crippen LogP contribution in [0.4, 0.5) is 13.2 Å². The van der Waals surface area contributed by atoms with Crippen LogP contribution in [0.5, 0.6) is 0 Å². The number of hydrogen-bond acceptors (Lipinski definition) is 6. The van der Waals surface area contributed by atoms with E-state index >= 15 is 0 Å². The van der Waals surface area contributed by atoms with Crippen LogP contribution >= 0.6 is 11.8 Å². The van der Waals surface area contributed by atoms with E-state index in [4.69, 9.17) is 10.5 Å². The standard InChI is InChI=1S/C16H9F3N6OS/c1-8-2-12(16(17,18)19)11(5-21)15(23-8)27-7-10-3-13(26)25-14(24-10)9(4-20)6-22-25/h2-3,6,22H,7H2,1H3. The van der Waals surface area contributed by atoms with Gasteiger partial charge in [0.2, 0.25) is 0 Å². The number of nitrogens with zero attached hydrogens (tertiary/aromatic N) is 5. The Kier molecular flexibility index (Phi) is 4.64. The van der Waals surface area contributed by atoms with Gasteiger partial charge in [0, 0.05) is 23.7 Å². The molecule has 0 aromatic carbocycles. The Bertz CT molecular complexity index is 1180. The highest BCUT2D eigenvalue weighted by atomic mass is 32.2. The molecule has 0 radical (unpaired) electrons. The molecule has 0 amide bonds. The van der Waals surface area contributed by atoms with E-state index in [1.807, 2.05) is 6.07 Å². The van der Waals surface area contributed by atoms with Gasteiger partial charge in [-0.25, -0.2) is 14.5 Å². The second kappa shape index (κ2) is 6.78. The van der Waals surface area contributed by atoms with Crippen LogP contribution in [-0.4, -0.2) is 19.6 Å². The number of H-pyrrole nitrogens is 1. The van der Waals surface area contributed by atoms with E-state index in [2.05, 4.69) is 15.1 Å². The molecule has 1 N–H and O–H groups in total. The van der Waals surface area contributed by atoms with Crippen molar-refractivity contribution in [1.29, 1.82) is 10.5 Å². The van der Waals surface area contributed by atoms with Crippen molar-refractivity contribution in [1.82, 2.24) is 19.6 Å². The molecule has 0 atom stereocenters. The molecular weight excluding hydrogens is 381 g/mol. The van der Waals surface area contributed by atoms with Gasteiger partial charge in [0.1, 0.15) is 22.7 Å². The van der Waals surface area contributed by atoms with Crippen LogP contribution in [0.1, 0.15) is 28.1 Å². The highest BCUT2D eigenvalue weighted by Crippen LogP contribution is 2.36. The maximum absolute atomic E-state index is 13.2. The van der Waals surface area contributed by atoms with Crippen LogP contribution in [0.3, 0.4) is 0 Å². The Morgan fingerprint density at radius 3 is 2.63 bits per heavy atom. The van der Waals surface area contributed by atoms with E-state index < -0.39 is 22.9 Å². The molecule has 0 unspecified atom stereocenters. The van der Waals surface area contributed by atoms with E-state index in [-0.39, 0.29) is 33.4 Å². The van der Waals surface area contributed by atoms with Crippen LogP contribution in [0.15, 0.2) is 28.2 Å². The number of aryl methyl sites for hydroxylation is 1. The van der Waals surface area contributed by atoms with Gasteiger partial charge in [0.15, 0.2) is 5.65 Å². The fraction of sp³-hybridized carbons (Fsp3) is 0.188. The molecule has 0 aliphatic carbocycles. The number of alkyl halides is 3. The Balaban J connectivity index is 2.00. The average Bonchev–Trinajstić information content (AvgIpc) is 3.02. The van der Waals surface area contributed by atoms with Gasteiger partial charge < -0.3 is 0 Å². The van der Waals surface area contributed by atoms with Crippen molar-refractivity contribution in [3.63, 3.8) is 0 Å². The first kappa shape index (κ1) is 18.5. The van der Waals surface area contributed by atoms with E-state index in [0.29, 0.717) is 0 Å². The number of hydrogen-bond donors (Lipinski definition) is 1. The molecule has 0 fully saturated rings. The first-order valence-corrected chi connectivity index (χ1v) is 8.35. The third kappa shape index (κ3) is 3.50. The summed E-state index contributed by atoms with van der Waals surface area (Å²) in [6.07, 6.45) is -3.36. The molecule has 136 valence electrons. The number of nitrogens with one attached hydrogen (secondary N) is 1. The lowest BCUT2D eigenvalue weighted by atomic mass is 10.1. The van der Waals surface area contributed by atoms with Gasteiger partial charge in [-0.2, -0.15) is 23.7 Å². The maximum Gasteiger partial charge on any atom is 0.417 e. The summed E-state index contributed by atoms with van der Waals surface area (Å²) in [5.74, 6) is 0.00419. The molecule has 3 aromatic heterocycles. The van der Waals surface area contributed by atoms with Crippen molar-refractivity contribution in [2.24, 2.45) is 0 Å². The number of thioether (sulfide) groups is 1. The largest absolute Gasteiger partial charge is 0.417 e. The highest BCUT2D eigenvalue weighted by Gasteiger charge is 2.35. The van der Waals surface area contributed by atoms with Crippen LogP contribution in [0, 0.1) is 29.6 Å². The summed E-state index contributed by atoms with van der Waals surface area (Å²) in [6, 6.07) is 5.46. The van der Waals surface area contributed by atoms with Crippen molar-refractivity contribution in [2.75, 3.05) is 0 Å². The molecule has 0 spiro atoms. The summed E-state index contributed by atoms with van der Waals surface area (Å²) < 4.78 is 40.5. The molecule has 0 saturated heterocycles. The molecule has 3 heterocycles. The number of aromatic amines is 1. The SMILES string of the molecule is Cc1cc(C(F)(F)F)c(C#N)c(SCc2cc(=O)n3[nH]cc(C#N)c3n2)n1. The first-order chi connectivity index (χ1) is 12.7. The molecule has 3 rings (SSSR count). The van der Waals surface area contributed by atoms with E-state index in [0.717, 1.165) is 22.3 Å². The molecule has 3 aromatic rings. The molecule has 0 bridgehead atoms.